The average molecular weight is 216 g/mol. The van der Waals surface area contributed by atoms with Crippen LogP contribution in [0.1, 0.15) is 19.8 Å². The van der Waals surface area contributed by atoms with Gasteiger partial charge < -0.3 is 20.8 Å². The molecule has 0 bridgehead atoms. The third-order valence-electron chi connectivity index (χ3n) is 2.41. The summed E-state index contributed by atoms with van der Waals surface area (Å²) in [5, 5.41) is 22.5. The number of carbonyl (C=O) groups is 2. The summed E-state index contributed by atoms with van der Waals surface area (Å²) >= 11 is 0. The van der Waals surface area contributed by atoms with E-state index < -0.39 is 12.1 Å². The lowest BCUT2D eigenvalue weighted by Crippen LogP contribution is -2.39. The van der Waals surface area contributed by atoms with Crippen LogP contribution in [0.5, 0.6) is 0 Å². The monoisotopic (exact) mass is 216 g/mol. The smallest absolute Gasteiger partial charge is 0.332 e. The highest BCUT2D eigenvalue weighted by atomic mass is 16.4. The van der Waals surface area contributed by atoms with Gasteiger partial charge in [-0.25, -0.2) is 9.59 Å². The van der Waals surface area contributed by atoms with E-state index in [0.29, 0.717) is 5.92 Å². The molecular formula is C9H16N2O4. The van der Waals surface area contributed by atoms with Crippen LogP contribution in [0, 0.1) is 5.92 Å². The zero-order valence-corrected chi connectivity index (χ0v) is 8.56. The molecule has 0 aromatic heterocycles. The van der Waals surface area contributed by atoms with Crippen molar-refractivity contribution in [2.75, 3.05) is 6.54 Å². The number of hydrogen-bond acceptors (Lipinski definition) is 3. The lowest BCUT2D eigenvalue weighted by molar-refractivity contribution is -0.146. The Kier molecular flexibility index (Phi) is 3.90. The number of nitrogens with one attached hydrogen (secondary N) is 2. The predicted molar refractivity (Wildman–Crippen MR) is 52.4 cm³/mol. The maximum atomic E-state index is 11.1. The van der Waals surface area contributed by atoms with Gasteiger partial charge in [0.05, 0.1) is 0 Å². The number of carboxylic acids is 1. The molecule has 0 heterocycles. The number of carbonyl (C=O) groups excluding carboxylic acids is 1. The third-order valence-corrected chi connectivity index (χ3v) is 2.41. The molecule has 0 aromatic rings. The van der Waals surface area contributed by atoms with Crippen LogP contribution in [0.15, 0.2) is 0 Å². The Morgan fingerprint density at radius 3 is 2.60 bits per heavy atom. The standard InChI is InChI=1S/C9H16N2O4/c1-5-4-6(5)11-9(15)10-3-2-7(12)8(13)14/h5-7,12H,2-4H2,1H3,(H,13,14)(H2,10,11,15)/t5?,6?,7-/m0/s1. The second kappa shape index (κ2) is 4.97. The number of aliphatic carboxylic acids is 1. The predicted octanol–water partition coefficient (Wildman–Crippen LogP) is -0.470. The molecule has 6 nitrogen and oxygen atoms in total. The SMILES string of the molecule is CC1CC1NC(=O)NCC[C@H](O)C(=O)O. The molecule has 4 N–H and O–H groups in total. The van der Waals surface area contributed by atoms with Crippen LogP contribution in [0.4, 0.5) is 4.79 Å². The van der Waals surface area contributed by atoms with Gasteiger partial charge >= 0.3 is 12.0 Å². The zero-order valence-electron chi connectivity index (χ0n) is 8.56. The molecule has 0 spiro atoms. The van der Waals surface area contributed by atoms with Crippen molar-refractivity contribution in [1.82, 2.24) is 10.6 Å². The summed E-state index contributed by atoms with van der Waals surface area (Å²) in [6, 6.07) is -0.0589. The minimum atomic E-state index is -1.41. The number of carboxylic acid groups (broad SMARTS) is 1. The van der Waals surface area contributed by atoms with E-state index in [9.17, 15) is 9.59 Å². The number of aliphatic hydroxyl groups is 1. The number of hydrogen-bond donors (Lipinski definition) is 4. The van der Waals surface area contributed by atoms with Crippen molar-refractivity contribution >= 4 is 12.0 Å². The van der Waals surface area contributed by atoms with E-state index in [1.807, 2.05) is 6.92 Å². The molecule has 1 aliphatic rings. The maximum Gasteiger partial charge on any atom is 0.332 e. The molecule has 2 amide bonds. The summed E-state index contributed by atoms with van der Waals surface area (Å²) in [7, 11) is 0. The fourth-order valence-corrected chi connectivity index (χ4v) is 1.19. The van der Waals surface area contributed by atoms with Crippen LogP contribution >= 0.6 is 0 Å². The largest absolute Gasteiger partial charge is 0.479 e. The van der Waals surface area contributed by atoms with Crippen molar-refractivity contribution in [2.45, 2.75) is 31.9 Å². The summed E-state index contributed by atoms with van der Waals surface area (Å²) in [4.78, 5) is 21.4. The molecule has 6 heteroatoms. The number of rotatable bonds is 5. The van der Waals surface area contributed by atoms with Gasteiger partial charge in [0.2, 0.25) is 0 Å². The normalized spacial score (nSPS) is 25.5. The summed E-state index contributed by atoms with van der Waals surface area (Å²) in [6.45, 7) is 2.19. The van der Waals surface area contributed by atoms with Crippen molar-refractivity contribution in [3.63, 3.8) is 0 Å². The number of amides is 2. The second-order valence-electron chi connectivity index (χ2n) is 3.86. The van der Waals surface area contributed by atoms with E-state index in [0.717, 1.165) is 6.42 Å². The number of urea groups is 1. The molecule has 0 aliphatic heterocycles. The first-order valence-electron chi connectivity index (χ1n) is 4.96. The van der Waals surface area contributed by atoms with Gasteiger partial charge in [-0.3, -0.25) is 0 Å². The van der Waals surface area contributed by atoms with Crippen LogP contribution in [0.25, 0.3) is 0 Å². The maximum absolute atomic E-state index is 11.1. The Balaban J connectivity index is 2.04. The Morgan fingerprint density at radius 2 is 2.13 bits per heavy atom. The number of aliphatic hydroxyl groups excluding tert-OH is 1. The van der Waals surface area contributed by atoms with Crippen molar-refractivity contribution in [3.8, 4) is 0 Å². The molecule has 0 aromatic carbocycles. The molecule has 1 aliphatic carbocycles. The second-order valence-corrected chi connectivity index (χ2v) is 3.86. The Labute approximate surface area is 87.7 Å². The molecule has 3 atom stereocenters. The fourth-order valence-electron chi connectivity index (χ4n) is 1.19. The van der Waals surface area contributed by atoms with E-state index in [4.69, 9.17) is 10.2 Å². The van der Waals surface area contributed by atoms with Crippen molar-refractivity contribution in [3.05, 3.63) is 0 Å². The van der Waals surface area contributed by atoms with E-state index in [1.54, 1.807) is 0 Å². The molecule has 1 rings (SSSR count). The van der Waals surface area contributed by atoms with Crippen molar-refractivity contribution in [1.29, 1.82) is 0 Å². The molecule has 15 heavy (non-hydrogen) atoms. The van der Waals surface area contributed by atoms with E-state index >= 15 is 0 Å². The summed E-state index contributed by atoms with van der Waals surface area (Å²) < 4.78 is 0. The average Bonchev–Trinajstić information content (AvgIpc) is 2.81. The summed E-state index contributed by atoms with van der Waals surface area (Å²) in [5.74, 6) is -0.742. The van der Waals surface area contributed by atoms with E-state index in [2.05, 4.69) is 10.6 Å². The van der Waals surface area contributed by atoms with Crippen LogP contribution in [0.2, 0.25) is 0 Å². The Morgan fingerprint density at radius 1 is 1.53 bits per heavy atom. The van der Waals surface area contributed by atoms with Gasteiger partial charge in [0, 0.05) is 19.0 Å². The van der Waals surface area contributed by atoms with Crippen LogP contribution in [-0.2, 0) is 4.79 Å². The van der Waals surface area contributed by atoms with Gasteiger partial charge in [-0.05, 0) is 12.3 Å². The van der Waals surface area contributed by atoms with E-state index in [-0.39, 0.29) is 25.0 Å². The quantitative estimate of drug-likeness (QED) is 0.499. The first-order valence-corrected chi connectivity index (χ1v) is 4.96. The van der Waals surface area contributed by atoms with Crippen LogP contribution in [-0.4, -0.2) is 40.9 Å². The van der Waals surface area contributed by atoms with Crippen molar-refractivity contribution < 1.29 is 19.8 Å². The highest BCUT2D eigenvalue weighted by molar-refractivity contribution is 5.75. The van der Waals surface area contributed by atoms with Crippen LogP contribution < -0.4 is 10.6 Å². The van der Waals surface area contributed by atoms with Gasteiger partial charge in [-0.1, -0.05) is 6.92 Å². The lowest BCUT2D eigenvalue weighted by atomic mass is 10.2. The first-order chi connectivity index (χ1) is 7.00. The van der Waals surface area contributed by atoms with Crippen LogP contribution in [0.3, 0.4) is 0 Å². The highest BCUT2D eigenvalue weighted by Crippen LogP contribution is 2.28. The minimum Gasteiger partial charge on any atom is -0.479 e. The lowest BCUT2D eigenvalue weighted by Gasteiger charge is -2.08. The Hall–Kier alpha value is -1.30. The molecule has 0 saturated heterocycles. The van der Waals surface area contributed by atoms with Gasteiger partial charge in [-0.15, -0.1) is 0 Å². The molecule has 86 valence electrons. The molecule has 1 saturated carbocycles. The Bertz CT molecular complexity index is 256. The molecular weight excluding hydrogens is 200 g/mol. The van der Waals surface area contributed by atoms with Crippen molar-refractivity contribution in [2.24, 2.45) is 5.92 Å². The van der Waals surface area contributed by atoms with Gasteiger partial charge in [0.1, 0.15) is 0 Å². The highest BCUT2D eigenvalue weighted by Gasteiger charge is 2.33. The van der Waals surface area contributed by atoms with Gasteiger partial charge in [0.15, 0.2) is 6.10 Å². The molecule has 1 fully saturated rings. The topological polar surface area (TPSA) is 98.7 Å². The summed E-state index contributed by atoms with van der Waals surface area (Å²) in [5.41, 5.74) is 0. The van der Waals surface area contributed by atoms with Gasteiger partial charge in [0.25, 0.3) is 0 Å². The van der Waals surface area contributed by atoms with E-state index in [1.165, 1.54) is 0 Å². The zero-order chi connectivity index (χ0) is 11.4. The minimum absolute atomic E-state index is 0.0168. The summed E-state index contributed by atoms with van der Waals surface area (Å²) in [6.07, 6.45) is -0.404. The molecule has 0 radical (unpaired) electrons. The first kappa shape index (κ1) is 11.8. The van der Waals surface area contributed by atoms with Gasteiger partial charge in [-0.2, -0.15) is 0 Å². The molecule has 2 unspecified atom stereocenters. The fraction of sp³-hybridized carbons (Fsp3) is 0.778. The third kappa shape index (κ3) is 4.16.